The van der Waals surface area contributed by atoms with Gasteiger partial charge in [0.1, 0.15) is 5.56 Å². The summed E-state index contributed by atoms with van der Waals surface area (Å²) in [7, 11) is -3.57. The monoisotopic (exact) mass is 320 g/mol. The number of hydrogen-bond donors (Lipinski definition) is 0. The quantitative estimate of drug-likeness (QED) is 0.282. The van der Waals surface area contributed by atoms with Gasteiger partial charge in [-0.2, -0.15) is 4.74 Å². The average Bonchev–Trinajstić information content (AvgIpc) is 2.47. The van der Waals surface area contributed by atoms with Crippen LogP contribution in [0.1, 0.15) is 5.56 Å². The van der Waals surface area contributed by atoms with Gasteiger partial charge in [-0.25, -0.2) is 8.42 Å². The van der Waals surface area contributed by atoms with Gasteiger partial charge < -0.3 is 5.21 Å². The van der Waals surface area contributed by atoms with Gasteiger partial charge in [-0.15, -0.1) is 0 Å². The van der Waals surface area contributed by atoms with Gasteiger partial charge in [0.25, 0.3) is 5.69 Å². The van der Waals surface area contributed by atoms with Crippen molar-refractivity contribution in [1.29, 1.82) is 0 Å². The standard InChI is InChI=1S/C14H12N2O5S/c1-22(20,21)13-8-7-11(14(9-13)16(18)19)10-15(17)12-5-3-2-4-6-12/h2-10H,1H3/b15-10+. The maximum atomic E-state index is 12.0. The number of para-hydroxylation sites is 1. The van der Waals surface area contributed by atoms with Gasteiger partial charge in [-0.1, -0.05) is 18.2 Å². The van der Waals surface area contributed by atoms with Crippen molar-refractivity contribution in [3.8, 4) is 0 Å². The van der Waals surface area contributed by atoms with E-state index in [1.165, 1.54) is 12.1 Å². The summed E-state index contributed by atoms with van der Waals surface area (Å²) in [5.74, 6) is 0. The summed E-state index contributed by atoms with van der Waals surface area (Å²) in [6.45, 7) is 0. The van der Waals surface area contributed by atoms with Crippen molar-refractivity contribution in [1.82, 2.24) is 0 Å². The zero-order valence-electron chi connectivity index (χ0n) is 11.5. The summed E-state index contributed by atoms with van der Waals surface area (Å²) < 4.78 is 23.4. The largest absolute Gasteiger partial charge is 0.618 e. The van der Waals surface area contributed by atoms with E-state index in [1.807, 2.05) is 0 Å². The smallest absolute Gasteiger partial charge is 0.283 e. The summed E-state index contributed by atoms with van der Waals surface area (Å²) in [5, 5.41) is 23.1. The van der Waals surface area contributed by atoms with Gasteiger partial charge >= 0.3 is 0 Å². The van der Waals surface area contributed by atoms with Crippen molar-refractivity contribution < 1.29 is 18.1 Å². The van der Waals surface area contributed by atoms with Gasteiger partial charge in [-0.05, 0) is 12.1 Å². The Hall–Kier alpha value is -2.74. The second kappa shape index (κ2) is 5.94. The van der Waals surface area contributed by atoms with Crippen LogP contribution >= 0.6 is 0 Å². The molecule has 0 saturated heterocycles. The van der Waals surface area contributed by atoms with E-state index in [-0.39, 0.29) is 10.5 Å². The number of sulfone groups is 1. The first-order valence-corrected chi connectivity index (χ1v) is 8.03. The van der Waals surface area contributed by atoms with E-state index in [4.69, 9.17) is 0 Å². The van der Waals surface area contributed by atoms with Gasteiger partial charge in [-0.3, -0.25) is 10.1 Å². The van der Waals surface area contributed by atoms with Crippen LogP contribution in [0.5, 0.6) is 0 Å². The maximum absolute atomic E-state index is 12.0. The molecule has 0 spiro atoms. The molecular formula is C14H12N2O5S. The minimum Gasteiger partial charge on any atom is -0.618 e. The lowest BCUT2D eigenvalue weighted by atomic mass is 10.2. The molecule has 22 heavy (non-hydrogen) atoms. The van der Waals surface area contributed by atoms with Crippen molar-refractivity contribution in [3.63, 3.8) is 0 Å². The van der Waals surface area contributed by atoms with Crippen LogP contribution in [0.15, 0.2) is 53.4 Å². The molecule has 2 rings (SSSR count). The van der Waals surface area contributed by atoms with Gasteiger partial charge in [0, 0.05) is 24.5 Å². The third kappa shape index (κ3) is 3.47. The van der Waals surface area contributed by atoms with Crippen LogP contribution in [-0.2, 0) is 9.84 Å². The number of hydrogen-bond acceptors (Lipinski definition) is 5. The molecule has 0 fully saturated rings. The van der Waals surface area contributed by atoms with E-state index >= 15 is 0 Å². The minimum atomic E-state index is -3.57. The molecule has 0 bridgehead atoms. The average molecular weight is 320 g/mol. The third-order valence-corrected chi connectivity index (χ3v) is 4.00. The Morgan fingerprint density at radius 3 is 2.23 bits per heavy atom. The summed E-state index contributed by atoms with van der Waals surface area (Å²) >= 11 is 0. The predicted molar refractivity (Wildman–Crippen MR) is 81.1 cm³/mol. The third-order valence-electron chi connectivity index (χ3n) is 2.89. The lowest BCUT2D eigenvalue weighted by Crippen LogP contribution is -2.04. The number of nitro groups is 1. The molecule has 0 aliphatic rings. The molecule has 0 saturated carbocycles. The van der Waals surface area contributed by atoms with E-state index in [9.17, 15) is 23.7 Å². The number of rotatable bonds is 4. The molecule has 0 N–H and O–H groups in total. The van der Waals surface area contributed by atoms with Gasteiger partial charge in [0.15, 0.2) is 16.1 Å². The Bertz CT molecular complexity index is 845. The van der Waals surface area contributed by atoms with Crippen molar-refractivity contribution in [3.05, 3.63) is 69.4 Å². The van der Waals surface area contributed by atoms with E-state index < -0.39 is 20.4 Å². The summed E-state index contributed by atoms with van der Waals surface area (Å²) in [5.41, 5.74) is -0.111. The Balaban J connectivity index is 2.54. The Morgan fingerprint density at radius 1 is 1.05 bits per heavy atom. The van der Waals surface area contributed by atoms with Crippen molar-refractivity contribution in [2.45, 2.75) is 4.90 Å². The molecule has 0 aliphatic carbocycles. The topological polar surface area (TPSA) is 103 Å². The SMILES string of the molecule is CS(=O)(=O)c1ccc(/C=[N+](/[O-])c2ccccc2)c([N+](=O)[O-])c1. The fraction of sp³-hybridized carbons (Fsp3) is 0.0714. The molecule has 0 radical (unpaired) electrons. The number of nitrogens with zero attached hydrogens (tertiary/aromatic N) is 2. The second-order valence-electron chi connectivity index (χ2n) is 4.54. The highest BCUT2D eigenvalue weighted by Gasteiger charge is 2.19. The molecule has 2 aromatic carbocycles. The molecule has 7 nitrogen and oxygen atoms in total. The molecule has 0 unspecified atom stereocenters. The first-order valence-electron chi connectivity index (χ1n) is 6.14. The zero-order valence-corrected chi connectivity index (χ0v) is 12.4. The first kappa shape index (κ1) is 15.6. The van der Waals surface area contributed by atoms with Gasteiger partial charge in [0.2, 0.25) is 5.69 Å². The molecular weight excluding hydrogens is 308 g/mol. The summed E-state index contributed by atoms with van der Waals surface area (Å²) in [4.78, 5) is 10.2. The minimum absolute atomic E-state index is 0.0243. The molecule has 0 atom stereocenters. The molecule has 2 aromatic rings. The fourth-order valence-electron chi connectivity index (χ4n) is 1.80. The number of benzene rings is 2. The van der Waals surface area contributed by atoms with Crippen LogP contribution in [0.2, 0.25) is 0 Å². The highest BCUT2D eigenvalue weighted by Crippen LogP contribution is 2.22. The second-order valence-corrected chi connectivity index (χ2v) is 6.56. The van der Waals surface area contributed by atoms with Crippen LogP contribution in [0.25, 0.3) is 0 Å². The first-order chi connectivity index (χ1) is 10.3. The Labute approximate surface area is 126 Å². The Kier molecular flexibility index (Phi) is 4.22. The van der Waals surface area contributed by atoms with Gasteiger partial charge in [0.05, 0.1) is 9.82 Å². The van der Waals surface area contributed by atoms with E-state index in [2.05, 4.69) is 0 Å². The maximum Gasteiger partial charge on any atom is 0.283 e. The molecule has 114 valence electrons. The summed E-state index contributed by atoms with van der Waals surface area (Å²) in [6.07, 6.45) is 2.00. The Morgan fingerprint density at radius 2 is 1.68 bits per heavy atom. The van der Waals surface area contributed by atoms with Crippen molar-refractivity contribution in [2.75, 3.05) is 6.26 Å². The predicted octanol–water partition coefficient (Wildman–Crippen LogP) is 2.26. The fourth-order valence-corrected chi connectivity index (χ4v) is 2.44. The van der Waals surface area contributed by atoms with E-state index in [0.29, 0.717) is 10.4 Å². The molecule has 0 aliphatic heterocycles. The van der Waals surface area contributed by atoms with Crippen LogP contribution in [0, 0.1) is 15.3 Å². The van der Waals surface area contributed by atoms with Crippen LogP contribution in [-0.4, -0.2) is 30.6 Å². The zero-order chi connectivity index (χ0) is 16.3. The molecule has 0 aromatic heterocycles. The van der Waals surface area contributed by atoms with E-state index in [0.717, 1.165) is 18.5 Å². The van der Waals surface area contributed by atoms with E-state index in [1.54, 1.807) is 30.3 Å². The summed E-state index contributed by atoms with van der Waals surface area (Å²) in [6, 6.07) is 11.6. The van der Waals surface area contributed by atoms with Crippen molar-refractivity contribution >= 4 is 27.4 Å². The highest BCUT2D eigenvalue weighted by atomic mass is 32.2. The molecule has 0 amide bonds. The normalized spacial score (nSPS) is 12.1. The van der Waals surface area contributed by atoms with Crippen LogP contribution < -0.4 is 0 Å². The molecule has 8 heteroatoms. The van der Waals surface area contributed by atoms with Crippen LogP contribution in [0.3, 0.4) is 0 Å². The lowest BCUT2D eigenvalue weighted by molar-refractivity contribution is -0.386. The highest BCUT2D eigenvalue weighted by molar-refractivity contribution is 7.90. The van der Waals surface area contributed by atoms with Crippen molar-refractivity contribution in [2.24, 2.45) is 0 Å². The molecule has 0 heterocycles. The van der Waals surface area contributed by atoms with Crippen LogP contribution in [0.4, 0.5) is 11.4 Å². The number of nitro benzene ring substituents is 1. The lowest BCUT2D eigenvalue weighted by Gasteiger charge is -2.04.